The Balaban J connectivity index is 1.99. The minimum atomic E-state index is -0.853. The van der Waals surface area contributed by atoms with Crippen LogP contribution < -0.4 is 5.32 Å². The molecule has 0 unspecified atom stereocenters. The first-order valence-corrected chi connectivity index (χ1v) is 6.95. The van der Waals surface area contributed by atoms with Gasteiger partial charge < -0.3 is 5.32 Å². The van der Waals surface area contributed by atoms with E-state index in [4.69, 9.17) is 0 Å². The highest BCUT2D eigenvalue weighted by Crippen LogP contribution is 2.29. The first kappa shape index (κ1) is 14.2. The zero-order valence-corrected chi connectivity index (χ0v) is 11.6. The monoisotopic (exact) mass is 303 g/mol. The predicted octanol–water partition coefficient (Wildman–Crippen LogP) is 0.859. The number of hydrogen-bond acceptors (Lipinski definition) is 5. The zero-order valence-electron chi connectivity index (χ0n) is 11.6. The Morgan fingerprint density at radius 3 is 2.59 bits per heavy atom. The predicted molar refractivity (Wildman–Crippen MR) is 74.2 cm³/mol. The molecule has 0 radical (unpaired) electrons. The van der Waals surface area contributed by atoms with Crippen LogP contribution in [0, 0.1) is 10.1 Å². The van der Waals surface area contributed by atoms with Gasteiger partial charge in [-0.05, 0) is 25.3 Å². The topological polar surface area (TPSA) is 110 Å². The van der Waals surface area contributed by atoms with E-state index in [0.717, 1.165) is 23.8 Å². The summed E-state index contributed by atoms with van der Waals surface area (Å²) < 4.78 is 0. The molecular formula is C14H13N3O5. The molecule has 0 saturated carbocycles. The number of nitro groups is 1. The standard InChI is InChI=1S/C14H13N3O5/c18-12-11(3-1-2-6-15-12)16-13(19)9-5-4-8(17(21)22)7-10(9)14(16)20/h4-5,7,11H,1-3,6H2,(H,15,18)/t11-/m0/s1. The number of fused-ring (bicyclic) bond motifs is 1. The smallest absolute Gasteiger partial charge is 0.270 e. The van der Waals surface area contributed by atoms with Crippen molar-refractivity contribution in [2.24, 2.45) is 0 Å². The van der Waals surface area contributed by atoms with Crippen LogP contribution in [0.1, 0.15) is 40.0 Å². The number of nitrogens with one attached hydrogen (secondary N) is 1. The molecule has 3 amide bonds. The lowest BCUT2D eigenvalue weighted by Crippen LogP contribution is -2.48. The van der Waals surface area contributed by atoms with Crippen molar-refractivity contribution in [3.63, 3.8) is 0 Å². The van der Waals surface area contributed by atoms with Crippen LogP contribution >= 0.6 is 0 Å². The van der Waals surface area contributed by atoms with E-state index in [1.807, 2.05) is 0 Å². The molecule has 0 bridgehead atoms. The fourth-order valence-electron chi connectivity index (χ4n) is 2.81. The van der Waals surface area contributed by atoms with Crippen molar-refractivity contribution >= 4 is 23.4 Å². The first-order chi connectivity index (χ1) is 10.5. The fraction of sp³-hybridized carbons (Fsp3) is 0.357. The molecule has 8 nitrogen and oxygen atoms in total. The average molecular weight is 303 g/mol. The van der Waals surface area contributed by atoms with Gasteiger partial charge in [0.25, 0.3) is 17.5 Å². The Morgan fingerprint density at radius 2 is 1.86 bits per heavy atom. The van der Waals surface area contributed by atoms with Crippen molar-refractivity contribution in [2.45, 2.75) is 25.3 Å². The molecule has 1 aromatic rings. The molecule has 0 spiro atoms. The summed E-state index contributed by atoms with van der Waals surface area (Å²) in [5.74, 6) is -1.58. The van der Waals surface area contributed by atoms with Gasteiger partial charge in [0, 0.05) is 18.7 Å². The highest BCUT2D eigenvalue weighted by Gasteiger charge is 2.43. The van der Waals surface area contributed by atoms with Gasteiger partial charge in [-0.2, -0.15) is 0 Å². The van der Waals surface area contributed by atoms with Gasteiger partial charge in [0.05, 0.1) is 16.1 Å². The summed E-state index contributed by atoms with van der Waals surface area (Å²) in [4.78, 5) is 48.0. The molecule has 2 aliphatic rings. The summed E-state index contributed by atoms with van der Waals surface area (Å²) in [6.45, 7) is 0.518. The Kier molecular flexibility index (Phi) is 3.36. The molecule has 1 atom stereocenters. The number of non-ortho nitro benzene ring substituents is 1. The summed E-state index contributed by atoms with van der Waals surface area (Å²) >= 11 is 0. The number of carbonyl (C=O) groups excluding carboxylic acids is 3. The van der Waals surface area contributed by atoms with E-state index >= 15 is 0 Å². The Labute approximate surface area is 125 Å². The van der Waals surface area contributed by atoms with Crippen LogP contribution in [0.25, 0.3) is 0 Å². The fourth-order valence-corrected chi connectivity index (χ4v) is 2.81. The maximum atomic E-state index is 12.4. The molecule has 1 aromatic carbocycles. The molecule has 1 fully saturated rings. The number of carbonyl (C=O) groups is 3. The maximum Gasteiger partial charge on any atom is 0.270 e. The van der Waals surface area contributed by atoms with E-state index in [0.29, 0.717) is 13.0 Å². The zero-order chi connectivity index (χ0) is 15.9. The Bertz CT molecular complexity index is 700. The van der Waals surface area contributed by atoms with E-state index in [1.165, 1.54) is 12.1 Å². The van der Waals surface area contributed by atoms with Gasteiger partial charge in [-0.25, -0.2) is 0 Å². The molecule has 2 heterocycles. The van der Waals surface area contributed by atoms with Crippen molar-refractivity contribution in [3.05, 3.63) is 39.4 Å². The summed E-state index contributed by atoms with van der Waals surface area (Å²) in [6, 6.07) is 2.68. The molecule has 1 N–H and O–H groups in total. The van der Waals surface area contributed by atoms with Gasteiger partial charge in [0.1, 0.15) is 6.04 Å². The molecular weight excluding hydrogens is 290 g/mol. The van der Waals surface area contributed by atoms with Crippen LogP contribution in [-0.2, 0) is 4.79 Å². The second kappa shape index (κ2) is 5.21. The third kappa shape index (κ3) is 2.12. The maximum absolute atomic E-state index is 12.4. The molecule has 3 rings (SSSR count). The lowest BCUT2D eigenvalue weighted by Gasteiger charge is -2.23. The molecule has 0 aliphatic carbocycles. The molecule has 0 aromatic heterocycles. The van der Waals surface area contributed by atoms with Crippen LogP contribution in [0.3, 0.4) is 0 Å². The van der Waals surface area contributed by atoms with Crippen LogP contribution in [0.15, 0.2) is 18.2 Å². The minimum absolute atomic E-state index is 0.0174. The van der Waals surface area contributed by atoms with E-state index in [2.05, 4.69) is 5.32 Å². The van der Waals surface area contributed by atoms with Gasteiger partial charge in [-0.15, -0.1) is 0 Å². The van der Waals surface area contributed by atoms with E-state index in [1.54, 1.807) is 0 Å². The number of rotatable bonds is 2. The van der Waals surface area contributed by atoms with Crippen LogP contribution in [0.4, 0.5) is 5.69 Å². The third-order valence-corrected chi connectivity index (χ3v) is 3.93. The summed E-state index contributed by atoms with van der Waals surface area (Å²) in [6.07, 6.45) is 1.91. The quantitative estimate of drug-likeness (QED) is 0.495. The lowest BCUT2D eigenvalue weighted by molar-refractivity contribution is -0.384. The summed E-state index contributed by atoms with van der Waals surface area (Å²) in [5, 5.41) is 13.5. The van der Waals surface area contributed by atoms with Gasteiger partial charge >= 0.3 is 0 Å². The van der Waals surface area contributed by atoms with Crippen LogP contribution in [0.5, 0.6) is 0 Å². The van der Waals surface area contributed by atoms with Gasteiger partial charge in [0.15, 0.2) is 0 Å². The second-order valence-corrected chi connectivity index (χ2v) is 5.27. The normalized spacial score (nSPS) is 21.4. The third-order valence-electron chi connectivity index (χ3n) is 3.93. The van der Waals surface area contributed by atoms with E-state index < -0.39 is 22.8 Å². The summed E-state index contributed by atoms with van der Waals surface area (Å²) in [7, 11) is 0. The molecule has 114 valence electrons. The number of imide groups is 1. The van der Waals surface area contributed by atoms with Crippen molar-refractivity contribution < 1.29 is 19.3 Å². The highest BCUT2D eigenvalue weighted by atomic mass is 16.6. The lowest BCUT2D eigenvalue weighted by atomic mass is 10.1. The van der Waals surface area contributed by atoms with Crippen LogP contribution in [-0.4, -0.2) is 40.1 Å². The largest absolute Gasteiger partial charge is 0.354 e. The van der Waals surface area contributed by atoms with Gasteiger partial charge in [0.2, 0.25) is 5.91 Å². The van der Waals surface area contributed by atoms with Crippen molar-refractivity contribution in [3.8, 4) is 0 Å². The molecule has 8 heteroatoms. The average Bonchev–Trinajstić information content (AvgIpc) is 2.65. The number of benzene rings is 1. The van der Waals surface area contributed by atoms with Gasteiger partial charge in [-0.3, -0.25) is 29.4 Å². The number of nitrogens with zero attached hydrogens (tertiary/aromatic N) is 2. The summed E-state index contributed by atoms with van der Waals surface area (Å²) in [5.41, 5.74) is -0.170. The van der Waals surface area contributed by atoms with Crippen molar-refractivity contribution in [1.82, 2.24) is 10.2 Å². The first-order valence-electron chi connectivity index (χ1n) is 6.95. The molecule has 22 heavy (non-hydrogen) atoms. The SMILES string of the molecule is O=C1NCCCC[C@@H]1N1C(=O)c2ccc([N+](=O)[O-])cc2C1=O. The number of amides is 3. The number of nitro benzene ring substituents is 1. The Morgan fingerprint density at radius 1 is 1.14 bits per heavy atom. The van der Waals surface area contributed by atoms with Crippen molar-refractivity contribution in [2.75, 3.05) is 6.54 Å². The highest BCUT2D eigenvalue weighted by molar-refractivity contribution is 6.23. The number of hydrogen-bond donors (Lipinski definition) is 1. The van der Waals surface area contributed by atoms with E-state index in [9.17, 15) is 24.5 Å². The molecule has 2 aliphatic heterocycles. The Hall–Kier alpha value is -2.77. The minimum Gasteiger partial charge on any atom is -0.354 e. The molecule has 1 saturated heterocycles. The van der Waals surface area contributed by atoms with Crippen molar-refractivity contribution in [1.29, 1.82) is 0 Å². The van der Waals surface area contributed by atoms with Crippen LogP contribution in [0.2, 0.25) is 0 Å². The van der Waals surface area contributed by atoms with E-state index in [-0.39, 0.29) is 22.7 Å². The van der Waals surface area contributed by atoms with Gasteiger partial charge in [-0.1, -0.05) is 0 Å². The second-order valence-electron chi connectivity index (χ2n) is 5.27.